The topological polar surface area (TPSA) is 64.6 Å². The number of para-hydroxylation sites is 1. The minimum Gasteiger partial charge on any atom is -0.496 e. The van der Waals surface area contributed by atoms with Gasteiger partial charge in [0.2, 0.25) is 0 Å². The molecule has 6 heteroatoms. The first-order valence-corrected chi connectivity index (χ1v) is 9.83. The fourth-order valence-electron chi connectivity index (χ4n) is 3.86. The number of ether oxygens (including phenoxy) is 2. The van der Waals surface area contributed by atoms with Gasteiger partial charge in [-0.3, -0.25) is 9.59 Å². The molecule has 1 fully saturated rings. The summed E-state index contributed by atoms with van der Waals surface area (Å²) in [6.45, 7) is 1.83. The number of carbonyl (C=O) groups excluding carboxylic acids is 2. The molecule has 1 amide bonds. The van der Waals surface area contributed by atoms with Crippen molar-refractivity contribution >= 4 is 11.9 Å². The fraction of sp³-hybridized carbons (Fsp3) is 0.391. The van der Waals surface area contributed by atoms with Gasteiger partial charge >= 0.3 is 5.97 Å². The van der Waals surface area contributed by atoms with Gasteiger partial charge in [0, 0.05) is 12.1 Å². The molecule has 0 bridgehead atoms. The van der Waals surface area contributed by atoms with E-state index in [0.717, 1.165) is 24.0 Å². The molecule has 3 rings (SSSR count). The number of halogens is 1. The van der Waals surface area contributed by atoms with Crippen LogP contribution < -0.4 is 10.1 Å². The predicted molar refractivity (Wildman–Crippen MR) is 107 cm³/mol. The van der Waals surface area contributed by atoms with Gasteiger partial charge in [-0.05, 0) is 43.5 Å². The Bertz CT molecular complexity index is 859. The highest BCUT2D eigenvalue weighted by Gasteiger charge is 2.45. The van der Waals surface area contributed by atoms with Crippen LogP contribution in [0.25, 0.3) is 0 Å². The summed E-state index contributed by atoms with van der Waals surface area (Å²) in [7, 11) is 1.57. The third kappa shape index (κ3) is 4.58. The van der Waals surface area contributed by atoms with E-state index in [1.807, 2.05) is 24.3 Å². The molecular formula is C23H26FNO4. The quantitative estimate of drug-likeness (QED) is 0.718. The van der Waals surface area contributed by atoms with E-state index in [1.165, 1.54) is 12.1 Å². The van der Waals surface area contributed by atoms with Crippen molar-refractivity contribution in [1.29, 1.82) is 0 Å². The summed E-state index contributed by atoms with van der Waals surface area (Å²) in [6, 6.07) is 13.4. The normalized spacial score (nSPS) is 16.1. The molecule has 2 aromatic rings. The van der Waals surface area contributed by atoms with Crippen LogP contribution in [0.3, 0.4) is 0 Å². The standard InChI is InChI=1S/C23H26FNO4/c1-16(21(26)25-15-17-7-3-4-8-20(17)28-2)29-22(27)23(13-5-6-14-23)18-9-11-19(24)12-10-18/h3-4,7-12,16H,5-6,13-15H2,1-2H3,(H,25,26)/t16-/m1/s1. The van der Waals surface area contributed by atoms with Gasteiger partial charge in [0.15, 0.2) is 6.10 Å². The van der Waals surface area contributed by atoms with Crippen molar-refractivity contribution in [2.45, 2.75) is 50.7 Å². The van der Waals surface area contributed by atoms with Crippen LogP contribution in [0.15, 0.2) is 48.5 Å². The van der Waals surface area contributed by atoms with E-state index < -0.39 is 17.5 Å². The Morgan fingerprint density at radius 3 is 2.41 bits per heavy atom. The Morgan fingerprint density at radius 2 is 1.76 bits per heavy atom. The van der Waals surface area contributed by atoms with Gasteiger partial charge in [-0.2, -0.15) is 0 Å². The molecule has 1 aliphatic rings. The van der Waals surface area contributed by atoms with Gasteiger partial charge in [-0.15, -0.1) is 0 Å². The molecule has 1 aliphatic carbocycles. The zero-order valence-electron chi connectivity index (χ0n) is 16.7. The Morgan fingerprint density at radius 1 is 1.10 bits per heavy atom. The van der Waals surface area contributed by atoms with Crippen LogP contribution in [0.5, 0.6) is 5.75 Å². The molecule has 0 aliphatic heterocycles. The minimum absolute atomic E-state index is 0.272. The Hall–Kier alpha value is -2.89. The molecule has 1 saturated carbocycles. The number of carbonyl (C=O) groups is 2. The second kappa shape index (κ2) is 9.07. The lowest BCUT2D eigenvalue weighted by Crippen LogP contribution is -2.41. The molecule has 0 unspecified atom stereocenters. The Balaban J connectivity index is 1.65. The first-order chi connectivity index (χ1) is 14.0. The van der Waals surface area contributed by atoms with Crippen molar-refractivity contribution in [2.24, 2.45) is 0 Å². The number of hydrogen-bond acceptors (Lipinski definition) is 4. The number of rotatable bonds is 7. The molecule has 0 spiro atoms. The van der Waals surface area contributed by atoms with Crippen LogP contribution in [0.4, 0.5) is 4.39 Å². The second-order valence-corrected chi connectivity index (χ2v) is 7.37. The fourth-order valence-corrected chi connectivity index (χ4v) is 3.86. The molecular weight excluding hydrogens is 373 g/mol. The molecule has 0 saturated heterocycles. The zero-order valence-corrected chi connectivity index (χ0v) is 16.7. The highest BCUT2D eigenvalue weighted by atomic mass is 19.1. The molecule has 0 aromatic heterocycles. The maximum atomic E-state index is 13.3. The summed E-state index contributed by atoms with van der Waals surface area (Å²) in [5.41, 5.74) is 0.758. The van der Waals surface area contributed by atoms with Gasteiger partial charge in [-0.1, -0.05) is 43.2 Å². The van der Waals surface area contributed by atoms with Crippen molar-refractivity contribution in [2.75, 3.05) is 7.11 Å². The van der Waals surface area contributed by atoms with E-state index in [0.29, 0.717) is 18.6 Å². The van der Waals surface area contributed by atoms with Gasteiger partial charge in [-0.25, -0.2) is 4.39 Å². The Kier molecular flexibility index (Phi) is 6.52. The van der Waals surface area contributed by atoms with Gasteiger partial charge < -0.3 is 14.8 Å². The summed E-state index contributed by atoms with van der Waals surface area (Å²) in [4.78, 5) is 25.5. The van der Waals surface area contributed by atoms with Crippen LogP contribution in [-0.2, 0) is 26.3 Å². The molecule has 5 nitrogen and oxygen atoms in total. The number of nitrogens with one attached hydrogen (secondary N) is 1. The first kappa shape index (κ1) is 20.8. The van der Waals surface area contributed by atoms with Crippen molar-refractivity contribution in [3.8, 4) is 5.75 Å². The number of esters is 1. The Labute approximate surface area is 170 Å². The van der Waals surface area contributed by atoms with Crippen LogP contribution in [-0.4, -0.2) is 25.1 Å². The molecule has 1 atom stereocenters. The maximum absolute atomic E-state index is 13.3. The largest absolute Gasteiger partial charge is 0.496 e. The molecule has 1 N–H and O–H groups in total. The number of benzene rings is 2. The third-order valence-electron chi connectivity index (χ3n) is 5.54. The molecule has 0 heterocycles. The number of hydrogen-bond donors (Lipinski definition) is 1. The van der Waals surface area contributed by atoms with Crippen LogP contribution in [0, 0.1) is 5.82 Å². The highest BCUT2D eigenvalue weighted by molar-refractivity contribution is 5.88. The van der Waals surface area contributed by atoms with E-state index in [2.05, 4.69) is 5.32 Å². The molecule has 2 aromatic carbocycles. The van der Waals surface area contributed by atoms with Crippen molar-refractivity contribution < 1.29 is 23.5 Å². The number of amides is 1. The van der Waals surface area contributed by atoms with Gasteiger partial charge in [0.25, 0.3) is 5.91 Å². The van der Waals surface area contributed by atoms with Gasteiger partial charge in [0.05, 0.1) is 12.5 Å². The summed E-state index contributed by atoms with van der Waals surface area (Å²) in [5, 5.41) is 2.78. The second-order valence-electron chi connectivity index (χ2n) is 7.37. The van der Waals surface area contributed by atoms with E-state index >= 15 is 0 Å². The van der Waals surface area contributed by atoms with Crippen molar-refractivity contribution in [1.82, 2.24) is 5.32 Å². The highest BCUT2D eigenvalue weighted by Crippen LogP contribution is 2.42. The summed E-state index contributed by atoms with van der Waals surface area (Å²) < 4.78 is 24.1. The molecule has 29 heavy (non-hydrogen) atoms. The van der Waals surface area contributed by atoms with Crippen molar-refractivity contribution in [3.05, 3.63) is 65.5 Å². The smallest absolute Gasteiger partial charge is 0.317 e. The molecule has 0 radical (unpaired) electrons. The lowest BCUT2D eigenvalue weighted by molar-refractivity contribution is -0.160. The lowest BCUT2D eigenvalue weighted by Gasteiger charge is -2.28. The van der Waals surface area contributed by atoms with E-state index in [9.17, 15) is 14.0 Å². The summed E-state index contributed by atoms with van der Waals surface area (Å²) in [6.07, 6.45) is 2.11. The third-order valence-corrected chi connectivity index (χ3v) is 5.54. The van der Waals surface area contributed by atoms with Gasteiger partial charge in [0.1, 0.15) is 11.6 Å². The lowest BCUT2D eigenvalue weighted by atomic mass is 9.79. The minimum atomic E-state index is -0.935. The van der Waals surface area contributed by atoms with Crippen LogP contribution >= 0.6 is 0 Å². The monoisotopic (exact) mass is 399 g/mol. The number of methoxy groups -OCH3 is 1. The predicted octanol–water partition coefficient (Wildman–Crippen LogP) is 3.89. The van der Waals surface area contributed by atoms with E-state index in [1.54, 1.807) is 26.2 Å². The zero-order chi connectivity index (χ0) is 20.9. The average Bonchev–Trinajstić information content (AvgIpc) is 3.23. The summed E-state index contributed by atoms with van der Waals surface area (Å²) in [5.74, 6) is -0.476. The van der Waals surface area contributed by atoms with Crippen LogP contribution in [0.1, 0.15) is 43.7 Å². The van der Waals surface area contributed by atoms with Crippen molar-refractivity contribution in [3.63, 3.8) is 0 Å². The average molecular weight is 399 g/mol. The summed E-state index contributed by atoms with van der Waals surface area (Å²) >= 11 is 0. The van der Waals surface area contributed by atoms with E-state index in [4.69, 9.17) is 9.47 Å². The molecule has 154 valence electrons. The maximum Gasteiger partial charge on any atom is 0.317 e. The SMILES string of the molecule is COc1ccccc1CNC(=O)[C@@H](C)OC(=O)C1(c2ccc(F)cc2)CCCC1. The van der Waals surface area contributed by atoms with Crippen LogP contribution in [0.2, 0.25) is 0 Å². The first-order valence-electron chi connectivity index (χ1n) is 9.83. The van der Waals surface area contributed by atoms with E-state index in [-0.39, 0.29) is 18.3 Å².